The van der Waals surface area contributed by atoms with Crippen molar-refractivity contribution in [1.29, 1.82) is 0 Å². The Morgan fingerprint density at radius 1 is 1.35 bits per heavy atom. The molecule has 0 fully saturated rings. The smallest absolute Gasteiger partial charge is 0.177 e. The van der Waals surface area contributed by atoms with Crippen molar-refractivity contribution in [2.24, 2.45) is 16.7 Å². The van der Waals surface area contributed by atoms with E-state index in [4.69, 9.17) is 11.6 Å². The minimum absolute atomic E-state index is 0.390. The number of amidine groups is 1. The van der Waals surface area contributed by atoms with Crippen molar-refractivity contribution in [1.82, 2.24) is 9.78 Å². The zero-order valence-corrected chi connectivity index (χ0v) is 9.97. The first-order chi connectivity index (χ1) is 8.29. The van der Waals surface area contributed by atoms with E-state index in [1.807, 2.05) is 41.2 Å². The van der Waals surface area contributed by atoms with Crippen LogP contribution in [0.3, 0.4) is 0 Å². The number of hydrogen-bond donors (Lipinski definition) is 2. The van der Waals surface area contributed by atoms with E-state index in [0.29, 0.717) is 5.17 Å². The SMILES string of the molecule is NN=C(N)SCc1ccc(-n2cccn2)cc1. The number of thioether (sulfide) groups is 1. The van der Waals surface area contributed by atoms with Gasteiger partial charge in [0.25, 0.3) is 0 Å². The van der Waals surface area contributed by atoms with Gasteiger partial charge in [0.05, 0.1) is 5.69 Å². The highest BCUT2D eigenvalue weighted by Crippen LogP contribution is 2.14. The van der Waals surface area contributed by atoms with Gasteiger partial charge in [-0.05, 0) is 23.8 Å². The molecule has 0 aliphatic rings. The van der Waals surface area contributed by atoms with Gasteiger partial charge in [0, 0.05) is 18.1 Å². The Morgan fingerprint density at radius 3 is 2.71 bits per heavy atom. The van der Waals surface area contributed by atoms with Crippen molar-refractivity contribution in [3.63, 3.8) is 0 Å². The molecule has 0 saturated carbocycles. The van der Waals surface area contributed by atoms with Gasteiger partial charge in [0.2, 0.25) is 0 Å². The molecule has 0 amide bonds. The van der Waals surface area contributed by atoms with Gasteiger partial charge in [0.1, 0.15) is 0 Å². The third kappa shape index (κ3) is 3.01. The third-order valence-corrected chi connectivity index (χ3v) is 3.10. The molecular formula is C11H13N5S. The van der Waals surface area contributed by atoms with Crippen LogP contribution >= 0.6 is 11.8 Å². The van der Waals surface area contributed by atoms with Crippen LogP contribution in [0.5, 0.6) is 0 Å². The summed E-state index contributed by atoms with van der Waals surface area (Å²) in [6.07, 6.45) is 3.66. The molecule has 1 aromatic carbocycles. The maximum Gasteiger partial charge on any atom is 0.177 e. The average Bonchev–Trinajstić information content (AvgIpc) is 2.90. The predicted octanol–water partition coefficient (Wildman–Crippen LogP) is 1.29. The molecule has 2 rings (SSSR count). The van der Waals surface area contributed by atoms with Crippen LogP contribution in [-0.4, -0.2) is 14.9 Å². The molecule has 6 heteroatoms. The van der Waals surface area contributed by atoms with Crippen LogP contribution in [-0.2, 0) is 5.75 Å². The molecule has 1 aromatic heterocycles. The van der Waals surface area contributed by atoms with Gasteiger partial charge in [-0.25, -0.2) is 4.68 Å². The molecule has 0 bridgehead atoms. The summed E-state index contributed by atoms with van der Waals surface area (Å²) >= 11 is 1.41. The Labute approximate surface area is 103 Å². The fourth-order valence-electron chi connectivity index (χ4n) is 1.36. The van der Waals surface area contributed by atoms with Gasteiger partial charge >= 0.3 is 0 Å². The number of hydrogen-bond acceptors (Lipinski definition) is 4. The Morgan fingerprint density at radius 2 is 2.12 bits per heavy atom. The Bertz CT molecular complexity index is 489. The molecule has 2 aromatic rings. The molecule has 0 atom stereocenters. The molecule has 0 saturated heterocycles. The summed E-state index contributed by atoms with van der Waals surface area (Å²) in [5.41, 5.74) is 7.70. The van der Waals surface area contributed by atoms with Crippen LogP contribution in [0.15, 0.2) is 47.8 Å². The van der Waals surface area contributed by atoms with Crippen LogP contribution in [0.25, 0.3) is 5.69 Å². The zero-order valence-electron chi connectivity index (χ0n) is 9.15. The molecule has 88 valence electrons. The Balaban J connectivity index is 2.03. The maximum absolute atomic E-state index is 5.50. The van der Waals surface area contributed by atoms with Crippen molar-refractivity contribution < 1.29 is 0 Å². The number of benzene rings is 1. The van der Waals surface area contributed by atoms with Crippen LogP contribution in [0.1, 0.15) is 5.56 Å². The summed E-state index contributed by atoms with van der Waals surface area (Å²) in [5.74, 6) is 5.81. The monoisotopic (exact) mass is 247 g/mol. The quantitative estimate of drug-likeness (QED) is 0.370. The molecule has 0 spiro atoms. The Hall–Kier alpha value is -1.95. The fraction of sp³-hybridized carbons (Fsp3) is 0.0909. The van der Waals surface area contributed by atoms with E-state index < -0.39 is 0 Å². The van der Waals surface area contributed by atoms with E-state index in [2.05, 4.69) is 10.2 Å². The lowest BCUT2D eigenvalue weighted by Crippen LogP contribution is -2.09. The van der Waals surface area contributed by atoms with Gasteiger partial charge in [0.15, 0.2) is 5.17 Å². The normalized spacial score (nSPS) is 11.6. The van der Waals surface area contributed by atoms with Gasteiger partial charge < -0.3 is 11.6 Å². The second-order valence-corrected chi connectivity index (χ2v) is 4.37. The lowest BCUT2D eigenvalue weighted by Gasteiger charge is -2.03. The fourth-order valence-corrected chi connectivity index (χ4v) is 1.94. The first kappa shape index (κ1) is 11.5. The molecule has 4 N–H and O–H groups in total. The highest BCUT2D eigenvalue weighted by atomic mass is 32.2. The van der Waals surface area contributed by atoms with E-state index >= 15 is 0 Å². The van der Waals surface area contributed by atoms with Crippen molar-refractivity contribution in [2.75, 3.05) is 0 Å². The molecule has 0 aliphatic heterocycles. The average molecular weight is 247 g/mol. The summed E-state index contributed by atoms with van der Waals surface area (Å²) in [5, 5.41) is 7.95. The predicted molar refractivity (Wildman–Crippen MR) is 70.7 cm³/mol. The summed E-state index contributed by atoms with van der Waals surface area (Å²) in [7, 11) is 0. The highest BCUT2D eigenvalue weighted by molar-refractivity contribution is 8.13. The topological polar surface area (TPSA) is 82.2 Å². The number of aromatic nitrogens is 2. The summed E-state index contributed by atoms with van der Waals surface area (Å²) in [4.78, 5) is 0. The molecule has 5 nitrogen and oxygen atoms in total. The first-order valence-electron chi connectivity index (χ1n) is 5.04. The van der Waals surface area contributed by atoms with E-state index in [1.54, 1.807) is 6.20 Å². The summed E-state index contributed by atoms with van der Waals surface area (Å²) in [6, 6.07) is 9.99. The van der Waals surface area contributed by atoms with Crippen LogP contribution in [0.4, 0.5) is 0 Å². The van der Waals surface area contributed by atoms with Crippen LogP contribution in [0.2, 0.25) is 0 Å². The van der Waals surface area contributed by atoms with Crippen molar-refractivity contribution in [3.8, 4) is 5.69 Å². The highest BCUT2D eigenvalue weighted by Gasteiger charge is 1.99. The Kier molecular flexibility index (Phi) is 3.66. The largest absolute Gasteiger partial charge is 0.377 e. The standard InChI is InChI=1S/C11H13N5S/c12-11(15-13)17-8-9-2-4-10(5-3-9)16-7-1-6-14-16/h1-7H,8,13H2,(H2,12,15). The molecule has 0 aliphatic carbocycles. The van der Waals surface area contributed by atoms with Gasteiger partial charge in [-0.1, -0.05) is 23.9 Å². The maximum atomic E-state index is 5.50. The second kappa shape index (κ2) is 5.40. The van der Waals surface area contributed by atoms with Crippen molar-refractivity contribution in [2.45, 2.75) is 5.75 Å². The molecular weight excluding hydrogens is 234 g/mol. The zero-order chi connectivity index (χ0) is 12.1. The lowest BCUT2D eigenvalue weighted by molar-refractivity contribution is 0.880. The van der Waals surface area contributed by atoms with Crippen molar-refractivity contribution in [3.05, 3.63) is 48.3 Å². The summed E-state index contributed by atoms with van der Waals surface area (Å²) in [6.45, 7) is 0. The van der Waals surface area contributed by atoms with Crippen LogP contribution in [0, 0.1) is 0 Å². The number of hydrazone groups is 1. The number of nitrogens with zero attached hydrogens (tertiary/aromatic N) is 3. The second-order valence-electron chi connectivity index (χ2n) is 3.37. The van der Waals surface area contributed by atoms with Crippen LogP contribution < -0.4 is 11.6 Å². The number of rotatable bonds is 3. The van der Waals surface area contributed by atoms with Crippen molar-refractivity contribution >= 4 is 16.9 Å². The lowest BCUT2D eigenvalue weighted by atomic mass is 10.2. The molecule has 1 heterocycles. The minimum atomic E-state index is 0.390. The van der Waals surface area contributed by atoms with E-state index in [9.17, 15) is 0 Å². The first-order valence-corrected chi connectivity index (χ1v) is 6.03. The minimum Gasteiger partial charge on any atom is -0.377 e. The van der Waals surface area contributed by atoms with Gasteiger partial charge in [-0.3, -0.25) is 0 Å². The van der Waals surface area contributed by atoms with Gasteiger partial charge in [-0.2, -0.15) is 10.2 Å². The molecule has 0 radical (unpaired) electrons. The summed E-state index contributed by atoms with van der Waals surface area (Å²) < 4.78 is 1.81. The number of nitrogens with two attached hydrogens (primary N) is 2. The van der Waals surface area contributed by atoms with E-state index in [-0.39, 0.29) is 0 Å². The molecule has 17 heavy (non-hydrogen) atoms. The third-order valence-electron chi connectivity index (χ3n) is 2.22. The van der Waals surface area contributed by atoms with Gasteiger partial charge in [-0.15, -0.1) is 0 Å². The van der Waals surface area contributed by atoms with E-state index in [1.165, 1.54) is 11.8 Å². The van der Waals surface area contributed by atoms with E-state index in [0.717, 1.165) is 17.0 Å². The molecule has 0 unspecified atom stereocenters.